The second kappa shape index (κ2) is 6.48. The Labute approximate surface area is 98.2 Å². The van der Waals surface area contributed by atoms with Crippen LogP contribution in [0.15, 0.2) is 18.5 Å². The van der Waals surface area contributed by atoms with E-state index in [2.05, 4.69) is 37.1 Å². The first kappa shape index (κ1) is 13.0. The summed E-state index contributed by atoms with van der Waals surface area (Å²) in [5.41, 5.74) is 1.20. The van der Waals surface area contributed by atoms with Crippen LogP contribution in [0.2, 0.25) is 0 Å². The molecule has 16 heavy (non-hydrogen) atoms. The average Bonchev–Trinajstić information content (AvgIpc) is 2.26. The lowest BCUT2D eigenvalue weighted by Gasteiger charge is -2.22. The molecule has 0 aliphatic rings. The lowest BCUT2D eigenvalue weighted by Crippen LogP contribution is -2.25. The normalized spacial score (nSPS) is 12.8. The van der Waals surface area contributed by atoms with E-state index >= 15 is 0 Å². The van der Waals surface area contributed by atoms with E-state index in [1.54, 1.807) is 6.20 Å². The number of hydrogen-bond donors (Lipinski definition) is 1. The minimum Gasteiger partial charge on any atom is -0.492 e. The second-order valence-electron chi connectivity index (χ2n) is 4.17. The molecule has 90 valence electrons. The maximum Gasteiger partial charge on any atom is 0.137 e. The van der Waals surface area contributed by atoms with E-state index in [1.807, 2.05) is 13.1 Å². The summed E-state index contributed by atoms with van der Waals surface area (Å²) in [6.07, 6.45) is 3.67. The topological polar surface area (TPSA) is 34.2 Å². The van der Waals surface area contributed by atoms with Crippen molar-refractivity contribution in [2.24, 2.45) is 5.92 Å². The van der Waals surface area contributed by atoms with Gasteiger partial charge in [-0.15, -0.1) is 0 Å². The molecule has 1 aromatic rings. The molecule has 0 bridgehead atoms. The Hall–Kier alpha value is -1.09. The Morgan fingerprint density at radius 2 is 2.06 bits per heavy atom. The molecule has 1 rings (SSSR count). The van der Waals surface area contributed by atoms with E-state index < -0.39 is 0 Å². The Morgan fingerprint density at radius 1 is 1.31 bits per heavy atom. The lowest BCUT2D eigenvalue weighted by atomic mass is 9.97. The number of nitrogens with zero attached hydrogens (tertiary/aromatic N) is 1. The Morgan fingerprint density at radius 3 is 2.62 bits per heavy atom. The molecule has 0 spiro atoms. The van der Waals surface area contributed by atoms with Gasteiger partial charge in [0.25, 0.3) is 0 Å². The van der Waals surface area contributed by atoms with Crippen molar-refractivity contribution in [2.45, 2.75) is 33.7 Å². The predicted molar refractivity (Wildman–Crippen MR) is 66.7 cm³/mol. The van der Waals surface area contributed by atoms with Gasteiger partial charge in [0.15, 0.2) is 0 Å². The third-order valence-corrected chi connectivity index (χ3v) is 2.50. The number of hydrogen-bond acceptors (Lipinski definition) is 3. The minimum absolute atomic E-state index is 0.345. The lowest BCUT2D eigenvalue weighted by molar-refractivity contribution is 0.336. The molecule has 3 nitrogen and oxygen atoms in total. The molecular formula is C13H22N2O. The molecule has 0 amide bonds. The molecule has 0 aliphatic carbocycles. The highest BCUT2D eigenvalue weighted by molar-refractivity contribution is 5.26. The van der Waals surface area contributed by atoms with Gasteiger partial charge in [0.05, 0.1) is 12.8 Å². The minimum atomic E-state index is 0.345. The fourth-order valence-electron chi connectivity index (χ4n) is 1.81. The highest BCUT2D eigenvalue weighted by atomic mass is 16.5. The molecule has 0 saturated heterocycles. The molecule has 0 fully saturated rings. The van der Waals surface area contributed by atoms with Crippen LogP contribution in [0.25, 0.3) is 0 Å². The molecule has 0 saturated carbocycles. The first-order chi connectivity index (χ1) is 7.69. The van der Waals surface area contributed by atoms with Crippen molar-refractivity contribution < 1.29 is 4.74 Å². The maximum absolute atomic E-state index is 5.46. The quantitative estimate of drug-likeness (QED) is 0.803. The van der Waals surface area contributed by atoms with Crippen LogP contribution < -0.4 is 10.1 Å². The highest BCUT2D eigenvalue weighted by Crippen LogP contribution is 2.23. The zero-order chi connectivity index (χ0) is 12.0. The maximum atomic E-state index is 5.46. The average molecular weight is 222 g/mol. The predicted octanol–water partition coefficient (Wildman–Crippen LogP) is 2.79. The summed E-state index contributed by atoms with van der Waals surface area (Å²) in [4.78, 5) is 4.22. The van der Waals surface area contributed by atoms with Crippen molar-refractivity contribution in [1.82, 2.24) is 10.3 Å². The Kier molecular flexibility index (Phi) is 5.26. The molecular weight excluding hydrogens is 200 g/mol. The SMILES string of the molecule is CCNC(c1cncc(OCC)c1)C(C)C. The molecule has 1 N–H and O–H groups in total. The van der Waals surface area contributed by atoms with Gasteiger partial charge in [0, 0.05) is 12.2 Å². The standard InChI is InChI=1S/C13H22N2O/c1-5-15-13(10(3)4)11-7-12(16-6-2)9-14-8-11/h7-10,13,15H,5-6H2,1-4H3. The van der Waals surface area contributed by atoms with Crippen molar-refractivity contribution in [3.63, 3.8) is 0 Å². The smallest absolute Gasteiger partial charge is 0.137 e. The summed E-state index contributed by atoms with van der Waals surface area (Å²) >= 11 is 0. The summed E-state index contributed by atoms with van der Waals surface area (Å²) in [6, 6.07) is 2.42. The number of ether oxygens (including phenoxy) is 1. The number of rotatable bonds is 6. The van der Waals surface area contributed by atoms with Gasteiger partial charge < -0.3 is 10.1 Å². The van der Waals surface area contributed by atoms with Crippen molar-refractivity contribution in [3.8, 4) is 5.75 Å². The molecule has 0 radical (unpaired) electrons. The third-order valence-electron chi connectivity index (χ3n) is 2.50. The van der Waals surface area contributed by atoms with Crippen molar-refractivity contribution in [3.05, 3.63) is 24.0 Å². The van der Waals surface area contributed by atoms with Gasteiger partial charge in [-0.25, -0.2) is 0 Å². The number of nitrogens with one attached hydrogen (secondary N) is 1. The third kappa shape index (κ3) is 3.49. The zero-order valence-electron chi connectivity index (χ0n) is 10.7. The van der Waals surface area contributed by atoms with Gasteiger partial charge in [-0.2, -0.15) is 0 Å². The monoisotopic (exact) mass is 222 g/mol. The van der Waals surface area contributed by atoms with Gasteiger partial charge >= 0.3 is 0 Å². The van der Waals surface area contributed by atoms with Gasteiger partial charge in [-0.1, -0.05) is 20.8 Å². The molecule has 1 unspecified atom stereocenters. The molecule has 3 heteroatoms. The summed E-state index contributed by atoms with van der Waals surface area (Å²) in [5.74, 6) is 1.39. The highest BCUT2D eigenvalue weighted by Gasteiger charge is 2.15. The number of aromatic nitrogens is 1. The van der Waals surface area contributed by atoms with Crippen LogP contribution in [0, 0.1) is 5.92 Å². The summed E-state index contributed by atoms with van der Waals surface area (Å²) < 4.78 is 5.46. The second-order valence-corrected chi connectivity index (χ2v) is 4.17. The fraction of sp³-hybridized carbons (Fsp3) is 0.615. The van der Waals surface area contributed by atoms with Crippen LogP contribution in [0.5, 0.6) is 5.75 Å². The van der Waals surface area contributed by atoms with Crippen LogP contribution in [0.3, 0.4) is 0 Å². The number of pyridine rings is 1. The van der Waals surface area contributed by atoms with Crippen LogP contribution in [-0.4, -0.2) is 18.1 Å². The van der Waals surface area contributed by atoms with Crippen molar-refractivity contribution >= 4 is 0 Å². The molecule has 0 aromatic carbocycles. The summed E-state index contributed by atoms with van der Waals surface area (Å²) in [7, 11) is 0. The van der Waals surface area contributed by atoms with Crippen LogP contribution in [-0.2, 0) is 0 Å². The van der Waals surface area contributed by atoms with E-state index in [4.69, 9.17) is 4.74 Å². The Bertz CT molecular complexity index is 313. The first-order valence-corrected chi connectivity index (χ1v) is 6.00. The van der Waals surface area contributed by atoms with E-state index in [9.17, 15) is 0 Å². The van der Waals surface area contributed by atoms with Gasteiger partial charge in [0.2, 0.25) is 0 Å². The summed E-state index contributed by atoms with van der Waals surface area (Å²) in [5, 5.41) is 3.47. The first-order valence-electron chi connectivity index (χ1n) is 6.00. The molecule has 1 atom stereocenters. The van der Waals surface area contributed by atoms with E-state index in [1.165, 1.54) is 5.56 Å². The van der Waals surface area contributed by atoms with Gasteiger partial charge in [-0.3, -0.25) is 4.98 Å². The van der Waals surface area contributed by atoms with Gasteiger partial charge in [0.1, 0.15) is 5.75 Å². The summed E-state index contributed by atoms with van der Waals surface area (Å²) in [6.45, 7) is 10.2. The van der Waals surface area contributed by atoms with E-state index in [0.717, 1.165) is 12.3 Å². The van der Waals surface area contributed by atoms with E-state index in [-0.39, 0.29) is 0 Å². The van der Waals surface area contributed by atoms with Crippen LogP contribution in [0.1, 0.15) is 39.3 Å². The molecule has 0 aliphatic heterocycles. The largest absolute Gasteiger partial charge is 0.492 e. The fourth-order valence-corrected chi connectivity index (χ4v) is 1.81. The van der Waals surface area contributed by atoms with Crippen LogP contribution in [0.4, 0.5) is 0 Å². The van der Waals surface area contributed by atoms with Crippen molar-refractivity contribution in [2.75, 3.05) is 13.2 Å². The van der Waals surface area contributed by atoms with Crippen LogP contribution >= 0.6 is 0 Å². The Balaban J connectivity index is 2.86. The van der Waals surface area contributed by atoms with E-state index in [0.29, 0.717) is 18.6 Å². The molecule has 1 aromatic heterocycles. The van der Waals surface area contributed by atoms with Gasteiger partial charge in [-0.05, 0) is 31.0 Å². The molecule has 1 heterocycles. The van der Waals surface area contributed by atoms with Crippen molar-refractivity contribution in [1.29, 1.82) is 0 Å². The zero-order valence-corrected chi connectivity index (χ0v) is 10.7.